The fourth-order valence-corrected chi connectivity index (χ4v) is 2.29. The third kappa shape index (κ3) is 2.82. The van der Waals surface area contributed by atoms with E-state index in [9.17, 15) is 0 Å². The Bertz CT molecular complexity index is 620. The summed E-state index contributed by atoms with van der Waals surface area (Å²) in [5.41, 5.74) is 1.60. The number of piperazine rings is 1. The average Bonchev–Trinajstić information content (AvgIpc) is 2.98. The van der Waals surface area contributed by atoms with E-state index < -0.39 is 0 Å². The average molecular weight is 289 g/mol. The first-order valence-electron chi connectivity index (χ1n) is 6.95. The molecule has 0 bridgehead atoms. The maximum Gasteiger partial charge on any atom is 0.318 e. The highest BCUT2D eigenvalue weighted by atomic mass is 16.5. The molecule has 2 aromatic heterocycles. The van der Waals surface area contributed by atoms with Crippen LogP contribution in [0.2, 0.25) is 0 Å². The van der Waals surface area contributed by atoms with Crippen LogP contribution in [0.4, 0.5) is 6.01 Å². The molecular formula is C14H19N5O2. The first-order valence-corrected chi connectivity index (χ1v) is 6.95. The van der Waals surface area contributed by atoms with Crippen molar-refractivity contribution in [2.75, 3.05) is 45.2 Å². The molecule has 1 saturated heterocycles. The lowest BCUT2D eigenvalue weighted by Crippen LogP contribution is -2.44. The lowest BCUT2D eigenvalue weighted by Gasteiger charge is -2.30. The van der Waals surface area contributed by atoms with E-state index >= 15 is 0 Å². The van der Waals surface area contributed by atoms with Crippen LogP contribution in [0.25, 0.3) is 11.6 Å². The van der Waals surface area contributed by atoms with Crippen LogP contribution in [0.1, 0.15) is 5.56 Å². The number of ether oxygens (including phenoxy) is 1. The van der Waals surface area contributed by atoms with Crippen molar-refractivity contribution in [3.8, 4) is 17.3 Å². The van der Waals surface area contributed by atoms with Gasteiger partial charge in [0.25, 0.3) is 5.89 Å². The van der Waals surface area contributed by atoms with E-state index in [1.54, 1.807) is 13.3 Å². The SMILES string of the molecule is COc1cc(-c2nnc(N3CCN(C)CC3)o2)ncc1C. The highest BCUT2D eigenvalue weighted by Crippen LogP contribution is 2.25. The highest BCUT2D eigenvalue weighted by Gasteiger charge is 2.20. The molecule has 2 aromatic rings. The second kappa shape index (κ2) is 5.69. The fraction of sp³-hybridized carbons (Fsp3) is 0.500. The molecule has 0 radical (unpaired) electrons. The molecule has 1 aliphatic heterocycles. The van der Waals surface area contributed by atoms with Gasteiger partial charge in [0.15, 0.2) is 0 Å². The number of hydrogen-bond acceptors (Lipinski definition) is 7. The molecular weight excluding hydrogens is 270 g/mol. The summed E-state index contributed by atoms with van der Waals surface area (Å²) in [5.74, 6) is 1.18. The van der Waals surface area contributed by atoms with Crippen LogP contribution in [-0.2, 0) is 0 Å². The van der Waals surface area contributed by atoms with Gasteiger partial charge in [-0.05, 0) is 14.0 Å². The zero-order valence-electron chi connectivity index (χ0n) is 12.5. The number of aryl methyl sites for hydroxylation is 1. The highest BCUT2D eigenvalue weighted by molar-refractivity contribution is 5.52. The van der Waals surface area contributed by atoms with Crippen molar-refractivity contribution in [3.05, 3.63) is 17.8 Å². The molecule has 3 rings (SSSR count). The van der Waals surface area contributed by atoms with Gasteiger partial charge in [-0.3, -0.25) is 4.98 Å². The lowest BCUT2D eigenvalue weighted by molar-refractivity contribution is 0.305. The zero-order chi connectivity index (χ0) is 14.8. The summed E-state index contributed by atoms with van der Waals surface area (Å²) < 4.78 is 11.0. The number of aromatic nitrogens is 3. The van der Waals surface area contributed by atoms with Crippen molar-refractivity contribution in [1.82, 2.24) is 20.1 Å². The molecule has 7 heteroatoms. The van der Waals surface area contributed by atoms with E-state index in [4.69, 9.17) is 9.15 Å². The van der Waals surface area contributed by atoms with Crippen LogP contribution in [0.3, 0.4) is 0 Å². The molecule has 0 atom stereocenters. The normalized spacial score (nSPS) is 16.2. The second-order valence-corrected chi connectivity index (χ2v) is 5.22. The van der Waals surface area contributed by atoms with Gasteiger partial charge >= 0.3 is 6.01 Å². The minimum Gasteiger partial charge on any atom is -0.496 e. The third-order valence-electron chi connectivity index (χ3n) is 3.68. The number of anilines is 1. The maximum atomic E-state index is 5.75. The Labute approximate surface area is 123 Å². The minimum absolute atomic E-state index is 0.419. The Hall–Kier alpha value is -2.15. The maximum absolute atomic E-state index is 5.75. The minimum atomic E-state index is 0.419. The number of nitrogens with zero attached hydrogens (tertiary/aromatic N) is 5. The van der Waals surface area contributed by atoms with Gasteiger partial charge in [0, 0.05) is 44.0 Å². The summed E-state index contributed by atoms with van der Waals surface area (Å²) in [6.45, 7) is 5.72. The van der Waals surface area contributed by atoms with Gasteiger partial charge in [0.05, 0.1) is 7.11 Å². The molecule has 3 heterocycles. The Balaban J connectivity index is 1.81. The Morgan fingerprint density at radius 2 is 1.95 bits per heavy atom. The summed E-state index contributed by atoms with van der Waals surface area (Å²) in [7, 11) is 3.74. The van der Waals surface area contributed by atoms with Crippen LogP contribution < -0.4 is 9.64 Å². The molecule has 0 aliphatic carbocycles. The van der Waals surface area contributed by atoms with Crippen molar-refractivity contribution in [1.29, 1.82) is 0 Å². The molecule has 7 nitrogen and oxygen atoms in total. The molecule has 0 aromatic carbocycles. The predicted octanol–water partition coefficient (Wildman–Crippen LogP) is 1.20. The van der Waals surface area contributed by atoms with Gasteiger partial charge in [-0.2, -0.15) is 0 Å². The molecule has 0 N–H and O–H groups in total. The predicted molar refractivity (Wildman–Crippen MR) is 78.5 cm³/mol. The van der Waals surface area contributed by atoms with Gasteiger partial charge in [-0.15, -0.1) is 5.10 Å². The van der Waals surface area contributed by atoms with Gasteiger partial charge in [0.2, 0.25) is 0 Å². The summed E-state index contributed by atoms with van der Waals surface area (Å²) >= 11 is 0. The number of methoxy groups -OCH3 is 1. The van der Waals surface area contributed by atoms with Crippen LogP contribution >= 0.6 is 0 Å². The van der Waals surface area contributed by atoms with Crippen LogP contribution in [-0.4, -0.2) is 60.4 Å². The second-order valence-electron chi connectivity index (χ2n) is 5.22. The first-order chi connectivity index (χ1) is 10.2. The monoisotopic (exact) mass is 289 g/mol. The summed E-state index contributed by atoms with van der Waals surface area (Å²) in [6, 6.07) is 2.37. The van der Waals surface area contributed by atoms with Gasteiger partial charge in [0.1, 0.15) is 11.4 Å². The number of pyridine rings is 1. The first kappa shape index (κ1) is 13.8. The topological polar surface area (TPSA) is 67.5 Å². The van der Waals surface area contributed by atoms with Gasteiger partial charge < -0.3 is 19.0 Å². The van der Waals surface area contributed by atoms with E-state index in [1.165, 1.54) is 0 Å². The summed E-state index contributed by atoms with van der Waals surface area (Å²) in [4.78, 5) is 8.70. The molecule has 1 fully saturated rings. The number of likely N-dealkylation sites (N-methyl/N-ethyl adjacent to an activating group) is 1. The molecule has 112 valence electrons. The van der Waals surface area contributed by atoms with Crippen LogP contribution in [0, 0.1) is 6.92 Å². The van der Waals surface area contributed by atoms with Crippen molar-refractivity contribution in [2.45, 2.75) is 6.92 Å². The smallest absolute Gasteiger partial charge is 0.318 e. The Morgan fingerprint density at radius 1 is 1.19 bits per heavy atom. The van der Waals surface area contributed by atoms with Crippen LogP contribution in [0.15, 0.2) is 16.7 Å². The third-order valence-corrected chi connectivity index (χ3v) is 3.68. The molecule has 21 heavy (non-hydrogen) atoms. The van der Waals surface area contributed by atoms with Crippen molar-refractivity contribution in [2.24, 2.45) is 0 Å². The summed E-state index contributed by atoms with van der Waals surface area (Å²) in [6.07, 6.45) is 1.74. The number of rotatable bonds is 3. The van der Waals surface area contributed by atoms with Crippen molar-refractivity contribution >= 4 is 6.01 Å². The molecule has 0 saturated carbocycles. The van der Waals surface area contributed by atoms with Gasteiger partial charge in [-0.1, -0.05) is 5.10 Å². The van der Waals surface area contributed by atoms with E-state index in [-0.39, 0.29) is 0 Å². The van der Waals surface area contributed by atoms with E-state index in [0.717, 1.165) is 37.5 Å². The van der Waals surface area contributed by atoms with E-state index in [0.29, 0.717) is 17.6 Å². The van der Waals surface area contributed by atoms with Crippen molar-refractivity contribution in [3.63, 3.8) is 0 Å². The van der Waals surface area contributed by atoms with Crippen molar-refractivity contribution < 1.29 is 9.15 Å². The summed E-state index contributed by atoms with van der Waals surface area (Å²) in [5, 5.41) is 8.22. The molecule has 1 aliphatic rings. The quantitative estimate of drug-likeness (QED) is 0.841. The van der Waals surface area contributed by atoms with Gasteiger partial charge in [-0.25, -0.2) is 0 Å². The largest absolute Gasteiger partial charge is 0.496 e. The Kier molecular flexibility index (Phi) is 3.74. The zero-order valence-corrected chi connectivity index (χ0v) is 12.5. The Morgan fingerprint density at radius 3 is 2.67 bits per heavy atom. The van der Waals surface area contributed by atoms with Crippen LogP contribution in [0.5, 0.6) is 5.75 Å². The molecule has 0 spiro atoms. The molecule has 0 unspecified atom stereocenters. The van der Waals surface area contributed by atoms with E-state index in [1.807, 2.05) is 13.0 Å². The molecule has 0 amide bonds. The lowest BCUT2D eigenvalue weighted by atomic mass is 10.2. The fourth-order valence-electron chi connectivity index (χ4n) is 2.29. The standard InChI is InChI=1S/C14H19N5O2/c1-10-9-15-11(8-12(10)20-3)13-16-17-14(21-13)19-6-4-18(2)5-7-19/h8-9H,4-7H2,1-3H3. The number of hydrogen-bond donors (Lipinski definition) is 0. The van der Waals surface area contributed by atoms with E-state index in [2.05, 4.69) is 32.0 Å².